The smallest absolute Gasteiger partial charge is 0.253 e. The van der Waals surface area contributed by atoms with Crippen molar-refractivity contribution in [2.75, 3.05) is 51.3 Å². The number of carbonyl (C=O) groups is 1. The molecule has 1 amide bonds. The zero-order valence-corrected chi connectivity index (χ0v) is 18.2. The van der Waals surface area contributed by atoms with Gasteiger partial charge in [-0.25, -0.2) is 0 Å². The molecular formula is C25H33N3O2. The van der Waals surface area contributed by atoms with Crippen LogP contribution in [0.25, 0.3) is 0 Å². The molecule has 160 valence electrons. The molecule has 0 aliphatic carbocycles. The third kappa shape index (κ3) is 4.96. The average molecular weight is 408 g/mol. The molecule has 5 heteroatoms. The topological polar surface area (TPSA) is 36.0 Å². The Morgan fingerprint density at radius 3 is 2.13 bits per heavy atom. The lowest BCUT2D eigenvalue weighted by Gasteiger charge is -2.36. The van der Waals surface area contributed by atoms with E-state index in [9.17, 15) is 4.79 Å². The monoisotopic (exact) mass is 407 g/mol. The molecule has 0 aromatic heterocycles. The van der Waals surface area contributed by atoms with E-state index in [1.54, 1.807) is 7.11 Å². The summed E-state index contributed by atoms with van der Waals surface area (Å²) < 4.78 is 5.24. The maximum absolute atomic E-state index is 12.9. The fourth-order valence-electron chi connectivity index (χ4n) is 4.37. The Hall–Kier alpha value is -2.53. The van der Waals surface area contributed by atoms with E-state index in [0.717, 1.165) is 50.0 Å². The molecular weight excluding hydrogens is 374 g/mol. The number of piperidine rings is 1. The number of anilines is 1. The molecule has 0 bridgehead atoms. The molecule has 2 aliphatic rings. The highest BCUT2D eigenvalue weighted by molar-refractivity contribution is 5.94. The van der Waals surface area contributed by atoms with Gasteiger partial charge >= 0.3 is 0 Å². The van der Waals surface area contributed by atoms with Crippen molar-refractivity contribution >= 4 is 11.6 Å². The van der Waals surface area contributed by atoms with Crippen LogP contribution in [0.2, 0.25) is 0 Å². The van der Waals surface area contributed by atoms with E-state index in [4.69, 9.17) is 4.74 Å². The summed E-state index contributed by atoms with van der Waals surface area (Å²) >= 11 is 0. The molecule has 4 rings (SSSR count). The van der Waals surface area contributed by atoms with Crippen LogP contribution in [0.5, 0.6) is 5.75 Å². The lowest BCUT2D eigenvalue weighted by atomic mass is 9.99. The van der Waals surface area contributed by atoms with Crippen LogP contribution in [0.15, 0.2) is 48.5 Å². The lowest BCUT2D eigenvalue weighted by Crippen LogP contribution is -2.48. The first kappa shape index (κ1) is 20.7. The zero-order valence-electron chi connectivity index (χ0n) is 18.2. The van der Waals surface area contributed by atoms with Gasteiger partial charge in [-0.05, 0) is 73.8 Å². The van der Waals surface area contributed by atoms with E-state index >= 15 is 0 Å². The summed E-state index contributed by atoms with van der Waals surface area (Å²) in [5, 5.41) is 0. The predicted molar refractivity (Wildman–Crippen MR) is 121 cm³/mol. The van der Waals surface area contributed by atoms with Crippen LogP contribution in [-0.2, 0) is 6.54 Å². The summed E-state index contributed by atoms with van der Waals surface area (Å²) in [7, 11) is 1.68. The molecule has 2 aromatic carbocycles. The number of hydrogen-bond acceptors (Lipinski definition) is 4. The molecule has 2 aliphatic heterocycles. The molecule has 0 unspecified atom stereocenters. The Kier molecular flexibility index (Phi) is 6.58. The highest BCUT2D eigenvalue weighted by atomic mass is 16.5. The van der Waals surface area contributed by atoms with Crippen LogP contribution < -0.4 is 9.64 Å². The number of rotatable bonds is 5. The molecule has 2 fully saturated rings. The van der Waals surface area contributed by atoms with Crippen LogP contribution in [0, 0.1) is 5.92 Å². The SMILES string of the molecule is COc1ccc(N2CCN(C(=O)c3ccc(CN4CCC(C)CC4)cc3)CC2)cc1. The second-order valence-corrected chi connectivity index (χ2v) is 8.63. The van der Waals surface area contributed by atoms with E-state index in [1.165, 1.54) is 37.2 Å². The van der Waals surface area contributed by atoms with Crippen LogP contribution in [0.4, 0.5) is 5.69 Å². The number of ether oxygens (including phenoxy) is 1. The Labute approximate surface area is 180 Å². The molecule has 0 saturated carbocycles. The van der Waals surface area contributed by atoms with Crippen molar-refractivity contribution in [1.82, 2.24) is 9.80 Å². The van der Waals surface area contributed by atoms with Gasteiger partial charge in [-0.2, -0.15) is 0 Å². The van der Waals surface area contributed by atoms with Crippen LogP contribution in [0.1, 0.15) is 35.7 Å². The van der Waals surface area contributed by atoms with Gasteiger partial charge in [0.2, 0.25) is 0 Å². The van der Waals surface area contributed by atoms with Crippen molar-refractivity contribution in [3.8, 4) is 5.75 Å². The first-order chi connectivity index (χ1) is 14.6. The van der Waals surface area contributed by atoms with E-state index in [2.05, 4.69) is 41.0 Å². The second kappa shape index (κ2) is 9.52. The summed E-state index contributed by atoms with van der Waals surface area (Å²) in [6.07, 6.45) is 2.58. The molecule has 30 heavy (non-hydrogen) atoms. The Bertz CT molecular complexity index is 818. The van der Waals surface area contributed by atoms with Crippen molar-refractivity contribution in [3.05, 3.63) is 59.7 Å². The van der Waals surface area contributed by atoms with Crippen molar-refractivity contribution in [3.63, 3.8) is 0 Å². The molecule has 0 radical (unpaired) electrons. The van der Waals surface area contributed by atoms with Crippen LogP contribution in [-0.4, -0.2) is 62.1 Å². The minimum absolute atomic E-state index is 0.141. The second-order valence-electron chi connectivity index (χ2n) is 8.63. The number of likely N-dealkylation sites (tertiary alicyclic amines) is 1. The van der Waals surface area contributed by atoms with Crippen molar-refractivity contribution in [2.45, 2.75) is 26.3 Å². The molecule has 5 nitrogen and oxygen atoms in total. The van der Waals surface area contributed by atoms with Gasteiger partial charge in [0.15, 0.2) is 0 Å². The van der Waals surface area contributed by atoms with E-state index < -0.39 is 0 Å². The van der Waals surface area contributed by atoms with Gasteiger partial charge < -0.3 is 14.5 Å². The number of hydrogen-bond donors (Lipinski definition) is 0. The first-order valence-electron chi connectivity index (χ1n) is 11.1. The maximum Gasteiger partial charge on any atom is 0.253 e. The van der Waals surface area contributed by atoms with Gasteiger partial charge in [0.25, 0.3) is 5.91 Å². The summed E-state index contributed by atoms with van der Waals surface area (Å²) in [4.78, 5) is 19.8. The lowest BCUT2D eigenvalue weighted by molar-refractivity contribution is 0.0746. The minimum atomic E-state index is 0.141. The number of nitrogens with zero attached hydrogens (tertiary/aromatic N) is 3. The fraction of sp³-hybridized carbons (Fsp3) is 0.480. The van der Waals surface area contributed by atoms with E-state index in [0.29, 0.717) is 0 Å². The van der Waals surface area contributed by atoms with Crippen LogP contribution in [0.3, 0.4) is 0 Å². The zero-order chi connectivity index (χ0) is 20.9. The molecule has 0 atom stereocenters. The van der Waals surface area contributed by atoms with Gasteiger partial charge in [0.1, 0.15) is 5.75 Å². The summed E-state index contributed by atoms with van der Waals surface area (Å²) in [6, 6.07) is 16.4. The predicted octanol–water partition coefficient (Wildman–Crippen LogP) is 3.89. The average Bonchev–Trinajstić information content (AvgIpc) is 2.81. The van der Waals surface area contributed by atoms with Gasteiger partial charge in [0.05, 0.1) is 7.11 Å². The van der Waals surface area contributed by atoms with Crippen molar-refractivity contribution in [1.29, 1.82) is 0 Å². The first-order valence-corrected chi connectivity index (χ1v) is 11.1. The summed E-state index contributed by atoms with van der Waals surface area (Å²) in [5.74, 6) is 1.86. The van der Waals surface area contributed by atoms with Crippen molar-refractivity contribution < 1.29 is 9.53 Å². The standard InChI is InChI=1S/C25H33N3O2/c1-20-11-13-26(14-12-20)19-21-3-5-22(6-4-21)25(29)28-17-15-27(16-18-28)23-7-9-24(30-2)10-8-23/h3-10,20H,11-19H2,1-2H3. The van der Waals surface area contributed by atoms with Crippen LogP contribution >= 0.6 is 0 Å². The highest BCUT2D eigenvalue weighted by Crippen LogP contribution is 2.22. The molecule has 0 N–H and O–H groups in total. The number of amides is 1. The third-order valence-corrected chi connectivity index (χ3v) is 6.49. The van der Waals surface area contributed by atoms with E-state index in [-0.39, 0.29) is 5.91 Å². The Balaban J connectivity index is 1.29. The van der Waals surface area contributed by atoms with Gasteiger partial charge in [-0.1, -0.05) is 19.1 Å². The Morgan fingerprint density at radius 1 is 0.900 bits per heavy atom. The van der Waals surface area contributed by atoms with Crippen molar-refractivity contribution in [2.24, 2.45) is 5.92 Å². The van der Waals surface area contributed by atoms with E-state index in [1.807, 2.05) is 29.2 Å². The Morgan fingerprint density at radius 2 is 1.53 bits per heavy atom. The largest absolute Gasteiger partial charge is 0.497 e. The summed E-state index contributed by atoms with van der Waals surface area (Å²) in [5.41, 5.74) is 3.27. The quantitative estimate of drug-likeness (QED) is 0.753. The molecule has 2 saturated heterocycles. The number of carbonyl (C=O) groups excluding carboxylic acids is 1. The van der Waals surface area contributed by atoms with Gasteiger partial charge in [-0.15, -0.1) is 0 Å². The normalized spacial score (nSPS) is 18.5. The van der Waals surface area contributed by atoms with Gasteiger partial charge in [-0.3, -0.25) is 9.69 Å². The number of piperazine rings is 1. The maximum atomic E-state index is 12.9. The van der Waals surface area contributed by atoms with Gasteiger partial charge in [0, 0.05) is 44.0 Å². The fourth-order valence-corrected chi connectivity index (χ4v) is 4.37. The number of methoxy groups -OCH3 is 1. The molecule has 2 aromatic rings. The minimum Gasteiger partial charge on any atom is -0.497 e. The molecule has 0 spiro atoms. The summed E-state index contributed by atoms with van der Waals surface area (Å²) in [6.45, 7) is 8.89. The highest BCUT2D eigenvalue weighted by Gasteiger charge is 2.22. The molecule has 2 heterocycles. The third-order valence-electron chi connectivity index (χ3n) is 6.49. The number of benzene rings is 2.